The Morgan fingerprint density at radius 3 is 2.05 bits per heavy atom. The van der Waals surface area contributed by atoms with Crippen molar-refractivity contribution in [2.75, 3.05) is 0 Å². The van der Waals surface area contributed by atoms with Gasteiger partial charge in [0.25, 0.3) is 0 Å². The molecule has 0 saturated heterocycles. The molecule has 0 aliphatic heterocycles. The van der Waals surface area contributed by atoms with E-state index < -0.39 is 12.0 Å². The number of carboxylic acid groups (broad SMARTS) is 1. The lowest BCUT2D eigenvalue weighted by Gasteiger charge is -2.36. The lowest BCUT2D eigenvalue weighted by atomic mass is 9.69. The zero-order valence-electron chi connectivity index (χ0n) is 14.1. The van der Waals surface area contributed by atoms with E-state index in [9.17, 15) is 14.7 Å². The molecule has 0 unspecified atom stereocenters. The molecule has 2 N–H and O–H groups in total. The largest absolute Gasteiger partial charge is 0.480 e. The second-order valence-corrected chi connectivity index (χ2v) is 7.94. The average Bonchev–Trinajstić information content (AvgIpc) is 2.36. The number of hydrogen-bond donors (Lipinski definition) is 2. The van der Waals surface area contributed by atoms with Gasteiger partial charge in [-0.3, -0.25) is 4.79 Å². The first-order valence-electron chi connectivity index (χ1n) is 8.14. The summed E-state index contributed by atoms with van der Waals surface area (Å²) in [5, 5.41) is 11.9. The van der Waals surface area contributed by atoms with Crippen molar-refractivity contribution in [3.8, 4) is 0 Å². The summed E-state index contributed by atoms with van der Waals surface area (Å²) in [5.74, 6) is -0.107. The number of carbonyl (C=O) groups is 2. The smallest absolute Gasteiger partial charge is 0.326 e. The number of carbonyl (C=O) groups excluding carboxylic acids is 1. The molecule has 1 amide bonds. The Morgan fingerprint density at radius 2 is 1.67 bits per heavy atom. The van der Waals surface area contributed by atoms with Crippen molar-refractivity contribution in [3.05, 3.63) is 0 Å². The van der Waals surface area contributed by atoms with Crippen LogP contribution in [0.2, 0.25) is 0 Å². The second kappa shape index (κ2) is 7.28. The minimum atomic E-state index is -0.930. The van der Waals surface area contributed by atoms with E-state index in [-0.39, 0.29) is 17.7 Å². The zero-order valence-corrected chi connectivity index (χ0v) is 14.1. The second-order valence-electron chi connectivity index (χ2n) is 7.94. The molecule has 0 aromatic rings. The van der Waals surface area contributed by atoms with E-state index in [1.807, 2.05) is 13.8 Å². The molecule has 1 aliphatic rings. The molecule has 122 valence electrons. The number of aliphatic carboxylic acids is 1. The average molecular weight is 297 g/mol. The standard InChI is InChI=1S/C17H31NO3/c1-11(2)10-14(16(20)21)18-15(19)12-6-8-13(9-7-12)17(3,4)5/h11-14H,6-10H2,1-5H3,(H,18,19)(H,20,21)/t12?,13?,14-/m0/s1. The molecule has 0 heterocycles. The topological polar surface area (TPSA) is 66.4 Å². The molecule has 0 spiro atoms. The molecule has 4 nitrogen and oxygen atoms in total. The van der Waals surface area contributed by atoms with Crippen LogP contribution in [0.4, 0.5) is 0 Å². The van der Waals surface area contributed by atoms with Crippen LogP contribution in [-0.4, -0.2) is 23.0 Å². The van der Waals surface area contributed by atoms with Crippen LogP contribution in [-0.2, 0) is 9.59 Å². The van der Waals surface area contributed by atoms with Crippen LogP contribution in [0.15, 0.2) is 0 Å². The highest BCUT2D eigenvalue weighted by Gasteiger charge is 2.33. The Bertz CT molecular complexity index is 363. The highest BCUT2D eigenvalue weighted by Crippen LogP contribution is 2.39. The van der Waals surface area contributed by atoms with Gasteiger partial charge in [0.15, 0.2) is 0 Å². The summed E-state index contributed by atoms with van der Waals surface area (Å²) in [7, 11) is 0. The minimum absolute atomic E-state index is 0.0161. The fraction of sp³-hybridized carbons (Fsp3) is 0.882. The summed E-state index contributed by atoms with van der Waals surface area (Å²) in [4.78, 5) is 23.5. The Hall–Kier alpha value is -1.06. The summed E-state index contributed by atoms with van der Waals surface area (Å²) in [6.45, 7) is 10.7. The van der Waals surface area contributed by atoms with Crippen LogP contribution in [0.1, 0.15) is 66.7 Å². The maximum atomic E-state index is 12.3. The van der Waals surface area contributed by atoms with Gasteiger partial charge < -0.3 is 10.4 Å². The summed E-state index contributed by atoms with van der Waals surface area (Å²) in [5.41, 5.74) is 0.294. The van der Waals surface area contributed by atoms with Crippen molar-refractivity contribution in [2.45, 2.75) is 72.8 Å². The molecule has 0 aromatic carbocycles. The third-order valence-electron chi connectivity index (χ3n) is 4.64. The molecule has 0 aromatic heterocycles. The van der Waals surface area contributed by atoms with E-state index in [0.717, 1.165) is 25.7 Å². The van der Waals surface area contributed by atoms with Crippen molar-refractivity contribution >= 4 is 11.9 Å². The van der Waals surface area contributed by atoms with E-state index in [4.69, 9.17) is 0 Å². The third kappa shape index (κ3) is 5.68. The van der Waals surface area contributed by atoms with Crippen LogP contribution >= 0.6 is 0 Å². The van der Waals surface area contributed by atoms with Gasteiger partial charge in [-0.2, -0.15) is 0 Å². The first-order valence-corrected chi connectivity index (χ1v) is 8.14. The highest BCUT2D eigenvalue weighted by molar-refractivity contribution is 5.85. The van der Waals surface area contributed by atoms with Crippen LogP contribution in [0.3, 0.4) is 0 Å². The number of amides is 1. The van der Waals surface area contributed by atoms with E-state index in [2.05, 4.69) is 26.1 Å². The van der Waals surface area contributed by atoms with Crippen molar-refractivity contribution in [2.24, 2.45) is 23.2 Å². The number of carboxylic acids is 1. The van der Waals surface area contributed by atoms with Gasteiger partial charge in [0.05, 0.1) is 0 Å². The fourth-order valence-electron chi connectivity index (χ4n) is 3.20. The van der Waals surface area contributed by atoms with Gasteiger partial charge in [0, 0.05) is 5.92 Å². The molecule has 0 radical (unpaired) electrons. The molecule has 1 rings (SSSR count). The maximum Gasteiger partial charge on any atom is 0.326 e. The van der Waals surface area contributed by atoms with E-state index in [1.165, 1.54) is 0 Å². The Balaban J connectivity index is 2.51. The molecule has 1 aliphatic carbocycles. The molecule has 1 fully saturated rings. The van der Waals surface area contributed by atoms with Crippen LogP contribution in [0.5, 0.6) is 0 Å². The Labute approximate surface area is 128 Å². The molecular formula is C17H31NO3. The molecule has 4 heteroatoms. The third-order valence-corrected chi connectivity index (χ3v) is 4.64. The predicted molar refractivity (Wildman–Crippen MR) is 83.9 cm³/mol. The van der Waals surface area contributed by atoms with Crippen LogP contribution in [0.25, 0.3) is 0 Å². The lowest BCUT2D eigenvalue weighted by Crippen LogP contribution is -2.45. The lowest BCUT2D eigenvalue weighted by molar-refractivity contribution is -0.143. The quantitative estimate of drug-likeness (QED) is 0.816. The van der Waals surface area contributed by atoms with E-state index in [1.54, 1.807) is 0 Å². The number of hydrogen-bond acceptors (Lipinski definition) is 2. The van der Waals surface area contributed by atoms with Gasteiger partial charge in [0.1, 0.15) is 6.04 Å². The summed E-state index contributed by atoms with van der Waals surface area (Å²) >= 11 is 0. The van der Waals surface area contributed by atoms with Gasteiger partial charge in [-0.1, -0.05) is 34.6 Å². The Morgan fingerprint density at radius 1 is 1.14 bits per heavy atom. The van der Waals surface area contributed by atoms with Gasteiger partial charge >= 0.3 is 5.97 Å². The van der Waals surface area contributed by atoms with Crippen molar-refractivity contribution in [1.82, 2.24) is 5.32 Å². The normalized spacial score (nSPS) is 24.7. The Kier molecular flexibility index (Phi) is 6.24. The minimum Gasteiger partial charge on any atom is -0.480 e. The van der Waals surface area contributed by atoms with Crippen molar-refractivity contribution in [1.29, 1.82) is 0 Å². The summed E-state index contributed by atoms with van der Waals surface area (Å²) < 4.78 is 0. The summed E-state index contributed by atoms with van der Waals surface area (Å²) in [6, 6.07) is -0.752. The number of rotatable bonds is 5. The van der Waals surface area contributed by atoms with Gasteiger partial charge in [-0.05, 0) is 49.4 Å². The molecule has 0 bridgehead atoms. The van der Waals surface area contributed by atoms with Gasteiger partial charge in [0.2, 0.25) is 5.91 Å². The molecule has 1 saturated carbocycles. The maximum absolute atomic E-state index is 12.3. The van der Waals surface area contributed by atoms with Crippen LogP contribution in [0, 0.1) is 23.2 Å². The van der Waals surface area contributed by atoms with Crippen LogP contribution < -0.4 is 5.32 Å². The zero-order chi connectivity index (χ0) is 16.2. The first kappa shape index (κ1) is 18.0. The molecular weight excluding hydrogens is 266 g/mol. The highest BCUT2D eigenvalue weighted by atomic mass is 16.4. The summed E-state index contributed by atoms with van der Waals surface area (Å²) in [6.07, 6.45) is 4.36. The SMILES string of the molecule is CC(C)C[C@H](NC(=O)C1CCC(C(C)(C)C)CC1)C(=O)O. The molecule has 21 heavy (non-hydrogen) atoms. The van der Waals surface area contributed by atoms with Gasteiger partial charge in [-0.25, -0.2) is 4.79 Å². The first-order chi connectivity index (χ1) is 9.61. The van der Waals surface area contributed by atoms with E-state index in [0.29, 0.717) is 17.8 Å². The number of nitrogens with one attached hydrogen (secondary N) is 1. The molecule has 1 atom stereocenters. The van der Waals surface area contributed by atoms with Crippen molar-refractivity contribution in [3.63, 3.8) is 0 Å². The van der Waals surface area contributed by atoms with Crippen molar-refractivity contribution < 1.29 is 14.7 Å². The van der Waals surface area contributed by atoms with Gasteiger partial charge in [-0.15, -0.1) is 0 Å². The monoisotopic (exact) mass is 297 g/mol. The fourth-order valence-corrected chi connectivity index (χ4v) is 3.20. The van der Waals surface area contributed by atoms with E-state index >= 15 is 0 Å². The predicted octanol–water partition coefficient (Wildman–Crippen LogP) is 3.45.